The summed E-state index contributed by atoms with van der Waals surface area (Å²) in [7, 11) is 0. The highest BCUT2D eigenvalue weighted by atomic mass is 35.5. The van der Waals surface area contributed by atoms with E-state index in [1.54, 1.807) is 19.2 Å². The topological polar surface area (TPSA) is 41.8 Å². The van der Waals surface area contributed by atoms with Crippen molar-refractivity contribution in [2.24, 2.45) is 16.1 Å². The van der Waals surface area contributed by atoms with Crippen LogP contribution in [0, 0.1) is 10.8 Å². The van der Waals surface area contributed by atoms with Crippen molar-refractivity contribution in [2.75, 3.05) is 6.54 Å². The van der Waals surface area contributed by atoms with E-state index in [9.17, 15) is 4.91 Å². The Morgan fingerprint density at radius 1 is 1.73 bits per heavy atom. The number of allylic oxidation sites excluding steroid dienone is 1. The molecule has 0 spiro atoms. The average Bonchev–Trinajstić information content (AvgIpc) is 2.00. The minimum Gasteiger partial charge on any atom is -0.249 e. The Bertz CT molecular complexity index is 177. The Balaban J connectivity index is 3.98. The number of hydrogen-bond donors (Lipinski definition) is 0. The smallest absolute Gasteiger partial charge is 0.111 e. The van der Waals surface area contributed by atoms with Crippen LogP contribution >= 0.6 is 11.6 Å². The van der Waals surface area contributed by atoms with E-state index in [-0.39, 0.29) is 12.5 Å². The van der Waals surface area contributed by atoms with Gasteiger partial charge in [0.25, 0.3) is 0 Å². The van der Waals surface area contributed by atoms with Gasteiger partial charge in [0.2, 0.25) is 0 Å². The maximum Gasteiger partial charge on any atom is 0.111 e. The molecule has 0 bridgehead atoms. The molecule has 0 rings (SSSR count). The van der Waals surface area contributed by atoms with Crippen molar-refractivity contribution >= 4 is 16.8 Å². The van der Waals surface area contributed by atoms with Gasteiger partial charge in [-0.3, -0.25) is 0 Å². The molecular weight excluding hydrogens is 164 g/mol. The summed E-state index contributed by atoms with van der Waals surface area (Å²) in [5.41, 5.74) is 0. The molecular formula is C7H11ClN2O. The van der Waals surface area contributed by atoms with E-state index in [1.807, 2.05) is 6.92 Å². The monoisotopic (exact) mass is 174 g/mol. The van der Waals surface area contributed by atoms with Crippen molar-refractivity contribution in [1.29, 1.82) is 0 Å². The summed E-state index contributed by atoms with van der Waals surface area (Å²) in [5.74, 6) is -0.0784. The molecule has 0 aromatic heterocycles. The van der Waals surface area contributed by atoms with Crippen LogP contribution in [-0.4, -0.2) is 11.7 Å². The number of rotatable bonds is 4. The van der Waals surface area contributed by atoms with Gasteiger partial charge < -0.3 is 0 Å². The standard InChI is InChI=1S/C7H11ClN2O/c1-3-4-9-7(8)6(2)5-10-11/h3-4,6H,5H2,1-2H3/b4-3-,9-7+. The summed E-state index contributed by atoms with van der Waals surface area (Å²) in [4.78, 5) is 13.7. The zero-order valence-electron chi connectivity index (χ0n) is 6.62. The number of hydrogen-bond acceptors (Lipinski definition) is 3. The quantitative estimate of drug-likeness (QED) is 0.477. The zero-order chi connectivity index (χ0) is 8.69. The number of nitrogens with zero attached hydrogens (tertiary/aromatic N) is 2. The molecule has 0 fully saturated rings. The van der Waals surface area contributed by atoms with Gasteiger partial charge in [-0.2, -0.15) is 4.91 Å². The largest absolute Gasteiger partial charge is 0.249 e. The zero-order valence-corrected chi connectivity index (χ0v) is 7.38. The molecule has 0 saturated carbocycles. The SMILES string of the molecule is C/C=C\N=C(\Cl)C(C)CN=O. The molecule has 0 aliphatic carbocycles. The maximum absolute atomic E-state index is 9.81. The van der Waals surface area contributed by atoms with Gasteiger partial charge in [-0.1, -0.05) is 29.8 Å². The third-order valence-electron chi connectivity index (χ3n) is 1.10. The molecule has 0 aromatic carbocycles. The Labute approximate surface area is 71.1 Å². The molecule has 0 N–H and O–H groups in total. The molecule has 62 valence electrons. The van der Waals surface area contributed by atoms with E-state index in [4.69, 9.17) is 11.6 Å². The molecule has 0 aliphatic heterocycles. The second kappa shape index (κ2) is 6.04. The van der Waals surface area contributed by atoms with Gasteiger partial charge in [0.15, 0.2) is 0 Å². The van der Waals surface area contributed by atoms with Crippen LogP contribution < -0.4 is 0 Å². The Kier molecular flexibility index (Phi) is 5.65. The van der Waals surface area contributed by atoms with Gasteiger partial charge in [0.1, 0.15) is 5.17 Å². The Morgan fingerprint density at radius 3 is 2.82 bits per heavy atom. The van der Waals surface area contributed by atoms with E-state index >= 15 is 0 Å². The van der Waals surface area contributed by atoms with Crippen LogP contribution in [0.3, 0.4) is 0 Å². The van der Waals surface area contributed by atoms with Crippen molar-refractivity contribution in [1.82, 2.24) is 0 Å². The van der Waals surface area contributed by atoms with Crippen LogP contribution in [-0.2, 0) is 0 Å². The summed E-state index contributed by atoms with van der Waals surface area (Å²) in [5, 5.41) is 3.14. The lowest BCUT2D eigenvalue weighted by atomic mass is 10.2. The molecule has 0 aromatic rings. The molecule has 1 unspecified atom stereocenters. The second-order valence-electron chi connectivity index (χ2n) is 2.15. The first-order chi connectivity index (χ1) is 5.22. The van der Waals surface area contributed by atoms with Gasteiger partial charge in [0.05, 0.1) is 6.54 Å². The van der Waals surface area contributed by atoms with Gasteiger partial charge in [-0.25, -0.2) is 4.99 Å². The summed E-state index contributed by atoms with van der Waals surface area (Å²) in [6.07, 6.45) is 3.35. The number of nitroso groups, excluding NO2 is 1. The molecule has 0 saturated heterocycles. The lowest BCUT2D eigenvalue weighted by molar-refractivity contribution is 0.789. The molecule has 0 radical (unpaired) electrons. The fourth-order valence-electron chi connectivity index (χ4n) is 0.460. The molecule has 0 amide bonds. The van der Waals surface area contributed by atoms with Crippen LogP contribution in [0.4, 0.5) is 0 Å². The van der Waals surface area contributed by atoms with Crippen molar-refractivity contribution < 1.29 is 0 Å². The highest BCUT2D eigenvalue weighted by Gasteiger charge is 2.06. The fraction of sp³-hybridized carbons (Fsp3) is 0.571. The van der Waals surface area contributed by atoms with Crippen molar-refractivity contribution in [2.45, 2.75) is 13.8 Å². The Hall–Kier alpha value is -0.700. The van der Waals surface area contributed by atoms with E-state index in [0.717, 1.165) is 0 Å². The van der Waals surface area contributed by atoms with Crippen LogP contribution in [0.25, 0.3) is 0 Å². The number of halogens is 1. The first-order valence-corrected chi connectivity index (χ1v) is 3.73. The molecule has 0 aliphatic rings. The lowest BCUT2D eigenvalue weighted by Gasteiger charge is -2.00. The summed E-state index contributed by atoms with van der Waals surface area (Å²) in [6.45, 7) is 3.83. The molecule has 4 heteroatoms. The van der Waals surface area contributed by atoms with Gasteiger partial charge in [-0.15, -0.1) is 0 Å². The normalized spacial score (nSPS) is 15.4. The summed E-state index contributed by atoms with van der Waals surface area (Å²) in [6, 6.07) is 0. The van der Waals surface area contributed by atoms with Gasteiger partial charge in [-0.05, 0) is 6.92 Å². The van der Waals surface area contributed by atoms with E-state index in [1.165, 1.54) is 0 Å². The van der Waals surface area contributed by atoms with E-state index < -0.39 is 0 Å². The lowest BCUT2D eigenvalue weighted by Crippen LogP contribution is -2.06. The molecule has 0 heterocycles. The van der Waals surface area contributed by atoms with Crippen molar-refractivity contribution in [3.63, 3.8) is 0 Å². The Morgan fingerprint density at radius 2 is 2.36 bits per heavy atom. The second-order valence-corrected chi connectivity index (χ2v) is 2.53. The third-order valence-corrected chi connectivity index (χ3v) is 1.57. The predicted molar refractivity (Wildman–Crippen MR) is 47.9 cm³/mol. The number of aliphatic imine (C=N–C) groups is 1. The molecule has 11 heavy (non-hydrogen) atoms. The van der Waals surface area contributed by atoms with Crippen LogP contribution in [0.2, 0.25) is 0 Å². The van der Waals surface area contributed by atoms with Crippen molar-refractivity contribution in [3.05, 3.63) is 17.2 Å². The van der Waals surface area contributed by atoms with Gasteiger partial charge >= 0.3 is 0 Å². The fourth-order valence-corrected chi connectivity index (χ4v) is 0.585. The minimum atomic E-state index is -0.0784. The third kappa shape index (κ3) is 4.67. The first-order valence-electron chi connectivity index (χ1n) is 3.35. The average molecular weight is 175 g/mol. The highest BCUT2D eigenvalue weighted by Crippen LogP contribution is 2.04. The summed E-state index contributed by atoms with van der Waals surface area (Å²) >= 11 is 5.69. The first kappa shape index (κ1) is 10.3. The molecule has 3 nitrogen and oxygen atoms in total. The van der Waals surface area contributed by atoms with Crippen molar-refractivity contribution in [3.8, 4) is 0 Å². The predicted octanol–water partition coefficient (Wildman–Crippen LogP) is 2.56. The van der Waals surface area contributed by atoms with Gasteiger partial charge in [0, 0.05) is 12.1 Å². The molecule has 1 atom stereocenters. The maximum atomic E-state index is 9.81. The summed E-state index contributed by atoms with van der Waals surface area (Å²) < 4.78 is 0. The van der Waals surface area contributed by atoms with Crippen LogP contribution in [0.15, 0.2) is 22.4 Å². The minimum absolute atomic E-state index is 0.0784. The van der Waals surface area contributed by atoms with Crippen LogP contribution in [0.5, 0.6) is 0 Å². The van der Waals surface area contributed by atoms with E-state index in [0.29, 0.717) is 5.17 Å². The van der Waals surface area contributed by atoms with Crippen LogP contribution in [0.1, 0.15) is 13.8 Å². The highest BCUT2D eigenvalue weighted by molar-refractivity contribution is 6.65. The van der Waals surface area contributed by atoms with E-state index in [2.05, 4.69) is 10.2 Å².